The molecule has 0 heterocycles. The number of carboxylic acid groups (broad SMARTS) is 1. The molecule has 0 aromatic heterocycles. The molecule has 0 amide bonds. The number of halogens is 1. The molecule has 0 aliphatic heterocycles. The third kappa shape index (κ3) is 5.82. The molecule has 4 nitrogen and oxygen atoms in total. The number of hydrogen-bond acceptors (Lipinski definition) is 3. The Labute approximate surface area is 201 Å². The molecule has 0 aliphatic carbocycles. The van der Waals surface area contributed by atoms with Crippen molar-refractivity contribution in [1.82, 2.24) is 0 Å². The first-order valence-electron chi connectivity index (χ1n) is 10.6. The van der Waals surface area contributed by atoms with Crippen LogP contribution in [-0.4, -0.2) is 11.1 Å². The van der Waals surface area contributed by atoms with E-state index in [2.05, 4.69) is 15.9 Å². The molecule has 0 saturated heterocycles. The van der Waals surface area contributed by atoms with Crippen molar-refractivity contribution < 1.29 is 19.4 Å². The SMILES string of the molecule is O=C(O)c1cc(Br)c(OCc2ccccc2)c(Cc2ccccc2)c1OCc1ccccc1. The number of hydrogen-bond donors (Lipinski definition) is 1. The van der Waals surface area contributed by atoms with Crippen LogP contribution in [0.1, 0.15) is 32.6 Å². The van der Waals surface area contributed by atoms with Gasteiger partial charge in [-0.25, -0.2) is 4.79 Å². The maximum absolute atomic E-state index is 12.1. The Morgan fingerprint density at radius 1 is 0.697 bits per heavy atom. The minimum absolute atomic E-state index is 0.0933. The maximum atomic E-state index is 12.1. The van der Waals surface area contributed by atoms with Crippen LogP contribution in [0.15, 0.2) is 102 Å². The van der Waals surface area contributed by atoms with Crippen molar-refractivity contribution in [1.29, 1.82) is 0 Å². The lowest BCUT2D eigenvalue weighted by molar-refractivity contribution is 0.0691. The van der Waals surface area contributed by atoms with E-state index < -0.39 is 5.97 Å². The average molecular weight is 503 g/mol. The van der Waals surface area contributed by atoms with Crippen molar-refractivity contribution in [3.63, 3.8) is 0 Å². The quantitative estimate of drug-likeness (QED) is 0.270. The molecule has 0 fully saturated rings. The molecule has 0 radical (unpaired) electrons. The Bertz CT molecular complexity index is 1210. The van der Waals surface area contributed by atoms with Gasteiger partial charge in [0.25, 0.3) is 0 Å². The molecule has 0 aliphatic rings. The van der Waals surface area contributed by atoms with E-state index in [1.807, 2.05) is 91.0 Å². The van der Waals surface area contributed by atoms with Crippen molar-refractivity contribution in [3.8, 4) is 11.5 Å². The summed E-state index contributed by atoms with van der Waals surface area (Å²) < 4.78 is 13.0. The minimum atomic E-state index is -1.05. The molecule has 5 heteroatoms. The highest BCUT2D eigenvalue weighted by Crippen LogP contribution is 2.41. The van der Waals surface area contributed by atoms with E-state index in [0.717, 1.165) is 16.7 Å². The van der Waals surface area contributed by atoms with Gasteiger partial charge in [-0.05, 0) is 38.7 Å². The van der Waals surface area contributed by atoms with E-state index in [0.29, 0.717) is 34.6 Å². The fourth-order valence-corrected chi connectivity index (χ4v) is 4.15. The van der Waals surface area contributed by atoms with Crippen LogP contribution in [0, 0.1) is 0 Å². The fourth-order valence-electron chi connectivity index (χ4n) is 3.57. The van der Waals surface area contributed by atoms with Crippen molar-refractivity contribution in [3.05, 3.63) is 129 Å². The van der Waals surface area contributed by atoms with Crippen molar-refractivity contribution in [2.24, 2.45) is 0 Å². The first-order chi connectivity index (χ1) is 16.1. The van der Waals surface area contributed by atoms with Gasteiger partial charge in [0.1, 0.15) is 30.3 Å². The highest BCUT2D eigenvalue weighted by molar-refractivity contribution is 9.10. The van der Waals surface area contributed by atoms with Crippen LogP contribution in [0.5, 0.6) is 11.5 Å². The molecule has 1 N–H and O–H groups in total. The fraction of sp³-hybridized carbons (Fsp3) is 0.107. The maximum Gasteiger partial charge on any atom is 0.339 e. The Balaban J connectivity index is 1.77. The van der Waals surface area contributed by atoms with Gasteiger partial charge in [-0.2, -0.15) is 0 Å². The Morgan fingerprint density at radius 3 is 1.64 bits per heavy atom. The summed E-state index contributed by atoms with van der Waals surface area (Å²) in [6, 6.07) is 31.0. The molecular weight excluding hydrogens is 480 g/mol. The van der Waals surface area contributed by atoms with Crippen LogP contribution in [0.25, 0.3) is 0 Å². The van der Waals surface area contributed by atoms with E-state index in [-0.39, 0.29) is 12.2 Å². The number of carboxylic acids is 1. The summed E-state index contributed by atoms with van der Waals surface area (Å²) in [5.41, 5.74) is 3.79. The van der Waals surface area contributed by atoms with Crippen molar-refractivity contribution in [2.45, 2.75) is 19.6 Å². The van der Waals surface area contributed by atoms with Gasteiger partial charge in [0.2, 0.25) is 0 Å². The minimum Gasteiger partial charge on any atom is -0.488 e. The topological polar surface area (TPSA) is 55.8 Å². The Morgan fingerprint density at radius 2 is 1.15 bits per heavy atom. The van der Waals surface area contributed by atoms with Gasteiger partial charge in [-0.15, -0.1) is 0 Å². The van der Waals surface area contributed by atoms with Gasteiger partial charge >= 0.3 is 5.97 Å². The predicted molar refractivity (Wildman–Crippen MR) is 132 cm³/mol. The third-order valence-electron chi connectivity index (χ3n) is 5.19. The van der Waals surface area contributed by atoms with Crippen LogP contribution in [-0.2, 0) is 19.6 Å². The van der Waals surface area contributed by atoms with Crippen LogP contribution < -0.4 is 9.47 Å². The van der Waals surface area contributed by atoms with E-state index in [4.69, 9.17) is 9.47 Å². The summed E-state index contributed by atoms with van der Waals surface area (Å²) >= 11 is 3.54. The largest absolute Gasteiger partial charge is 0.488 e. The first-order valence-corrected chi connectivity index (χ1v) is 11.4. The predicted octanol–water partition coefficient (Wildman–Crippen LogP) is 6.90. The monoisotopic (exact) mass is 502 g/mol. The normalized spacial score (nSPS) is 10.6. The van der Waals surface area contributed by atoms with Gasteiger partial charge in [-0.3, -0.25) is 0 Å². The average Bonchev–Trinajstić information content (AvgIpc) is 2.84. The molecule has 0 unspecified atom stereocenters. The van der Waals surface area contributed by atoms with Crippen LogP contribution >= 0.6 is 15.9 Å². The summed E-state index contributed by atoms with van der Waals surface area (Å²) in [6.45, 7) is 0.606. The molecule has 0 atom stereocenters. The van der Waals surface area contributed by atoms with Gasteiger partial charge in [0, 0.05) is 12.0 Å². The summed E-state index contributed by atoms with van der Waals surface area (Å²) in [5, 5.41) is 9.93. The molecule has 4 aromatic rings. The van der Waals surface area contributed by atoms with Crippen molar-refractivity contribution in [2.75, 3.05) is 0 Å². The lowest BCUT2D eigenvalue weighted by Crippen LogP contribution is -2.10. The van der Waals surface area contributed by atoms with Crippen LogP contribution in [0.4, 0.5) is 0 Å². The van der Waals surface area contributed by atoms with Crippen LogP contribution in [0.3, 0.4) is 0 Å². The third-order valence-corrected chi connectivity index (χ3v) is 5.78. The molecule has 0 bridgehead atoms. The molecule has 0 saturated carbocycles. The number of aromatic carboxylic acids is 1. The zero-order valence-electron chi connectivity index (χ0n) is 17.9. The van der Waals surface area contributed by atoms with Crippen molar-refractivity contribution >= 4 is 21.9 Å². The van der Waals surface area contributed by atoms with E-state index in [1.165, 1.54) is 0 Å². The molecule has 33 heavy (non-hydrogen) atoms. The summed E-state index contributed by atoms with van der Waals surface area (Å²) in [6.07, 6.45) is 0.467. The Kier molecular flexibility index (Phi) is 7.43. The second kappa shape index (κ2) is 10.8. The highest BCUT2D eigenvalue weighted by atomic mass is 79.9. The van der Waals surface area contributed by atoms with Gasteiger partial charge in [0.05, 0.1) is 4.47 Å². The second-order valence-corrected chi connectivity index (χ2v) is 8.41. The number of benzene rings is 4. The zero-order chi connectivity index (χ0) is 23.0. The summed E-state index contributed by atoms with van der Waals surface area (Å²) in [5.74, 6) is -0.153. The van der Waals surface area contributed by atoms with E-state index in [1.54, 1.807) is 6.07 Å². The molecular formula is C28H23BrO4. The van der Waals surface area contributed by atoms with E-state index in [9.17, 15) is 9.90 Å². The lowest BCUT2D eigenvalue weighted by atomic mass is 9.99. The summed E-state index contributed by atoms with van der Waals surface area (Å²) in [4.78, 5) is 12.1. The summed E-state index contributed by atoms with van der Waals surface area (Å²) in [7, 11) is 0. The van der Waals surface area contributed by atoms with Crippen LogP contribution in [0.2, 0.25) is 0 Å². The number of rotatable bonds is 9. The lowest BCUT2D eigenvalue weighted by Gasteiger charge is -2.20. The second-order valence-electron chi connectivity index (χ2n) is 7.56. The van der Waals surface area contributed by atoms with Gasteiger partial charge in [0.15, 0.2) is 0 Å². The van der Waals surface area contributed by atoms with E-state index >= 15 is 0 Å². The first kappa shape index (κ1) is 22.6. The molecule has 4 rings (SSSR count). The van der Waals surface area contributed by atoms with Gasteiger partial charge < -0.3 is 14.6 Å². The number of ether oxygens (including phenoxy) is 2. The smallest absolute Gasteiger partial charge is 0.339 e. The number of carbonyl (C=O) groups is 1. The van der Waals surface area contributed by atoms with Gasteiger partial charge in [-0.1, -0.05) is 91.0 Å². The molecule has 166 valence electrons. The Hall–Kier alpha value is -3.57. The highest BCUT2D eigenvalue weighted by Gasteiger charge is 2.24. The molecule has 4 aromatic carbocycles. The zero-order valence-corrected chi connectivity index (χ0v) is 19.5. The molecule has 0 spiro atoms. The standard InChI is InChI=1S/C28H23BrO4/c29-25-17-24(28(30)31)26(32-18-21-12-6-2-7-13-21)23(16-20-10-4-1-5-11-20)27(25)33-19-22-14-8-3-9-15-22/h1-15,17H,16,18-19H2,(H,30,31).